The third-order valence-electron chi connectivity index (χ3n) is 4.33. The molecule has 0 saturated heterocycles. The number of nitrogens with zero attached hydrogens (tertiary/aromatic N) is 5. The van der Waals surface area contributed by atoms with E-state index in [9.17, 15) is 0 Å². The minimum absolute atomic E-state index is 0.571. The van der Waals surface area contributed by atoms with E-state index in [2.05, 4.69) is 20.3 Å². The summed E-state index contributed by atoms with van der Waals surface area (Å²) in [4.78, 5) is 5.17. The molecule has 0 aliphatic heterocycles. The first-order valence-corrected chi connectivity index (χ1v) is 9.82. The third-order valence-corrected chi connectivity index (χ3v) is 5.92. The van der Waals surface area contributed by atoms with Crippen molar-refractivity contribution < 1.29 is 4.74 Å². The lowest BCUT2D eigenvalue weighted by atomic mass is 10.1. The summed E-state index contributed by atoms with van der Waals surface area (Å²) in [5.74, 6) is 1.36. The average molecular weight is 428 g/mol. The van der Waals surface area contributed by atoms with Crippen LogP contribution in [-0.2, 0) is 0 Å². The summed E-state index contributed by atoms with van der Waals surface area (Å²) < 4.78 is 7.00. The van der Waals surface area contributed by atoms with Crippen LogP contribution in [0.2, 0.25) is 10.0 Å². The standard InChI is InChI=1S/C19H11Cl2N5OS/c1-27-12-6-7-15-13(8-12)16(21)14(9-22-15)18-25-26-17(23-24-19(26)28-18)10-2-4-11(20)5-3-10/h2-9H,1H3. The molecule has 2 aromatic carbocycles. The van der Waals surface area contributed by atoms with E-state index in [1.165, 1.54) is 11.3 Å². The highest BCUT2D eigenvalue weighted by Crippen LogP contribution is 2.37. The van der Waals surface area contributed by atoms with Crippen molar-refractivity contribution >= 4 is 50.4 Å². The van der Waals surface area contributed by atoms with Crippen molar-refractivity contribution in [1.82, 2.24) is 24.8 Å². The van der Waals surface area contributed by atoms with E-state index in [0.717, 1.165) is 27.8 Å². The van der Waals surface area contributed by atoms with E-state index in [4.69, 9.17) is 27.9 Å². The SMILES string of the molecule is COc1ccc2ncc(-c3nn4c(-c5ccc(Cl)cc5)nnc4s3)c(Cl)c2c1. The number of aromatic nitrogens is 5. The Kier molecular flexibility index (Phi) is 4.16. The Labute approximate surface area is 173 Å². The molecule has 0 N–H and O–H groups in total. The molecular weight excluding hydrogens is 417 g/mol. The minimum Gasteiger partial charge on any atom is -0.497 e. The summed E-state index contributed by atoms with van der Waals surface area (Å²) in [6, 6.07) is 13.0. The van der Waals surface area contributed by atoms with Gasteiger partial charge in [0, 0.05) is 22.2 Å². The molecule has 0 atom stereocenters. The van der Waals surface area contributed by atoms with Crippen molar-refractivity contribution in [1.29, 1.82) is 0 Å². The predicted molar refractivity (Wildman–Crippen MR) is 111 cm³/mol. The maximum Gasteiger partial charge on any atom is 0.235 e. The van der Waals surface area contributed by atoms with Crippen molar-refractivity contribution in [2.45, 2.75) is 0 Å². The van der Waals surface area contributed by atoms with E-state index in [1.54, 1.807) is 17.8 Å². The van der Waals surface area contributed by atoms with E-state index >= 15 is 0 Å². The number of fused-ring (bicyclic) bond motifs is 2. The Morgan fingerprint density at radius 1 is 1.04 bits per heavy atom. The maximum absolute atomic E-state index is 6.69. The largest absolute Gasteiger partial charge is 0.497 e. The molecule has 6 nitrogen and oxygen atoms in total. The van der Waals surface area contributed by atoms with Gasteiger partial charge >= 0.3 is 0 Å². The Morgan fingerprint density at radius 2 is 1.86 bits per heavy atom. The van der Waals surface area contributed by atoms with Crippen molar-refractivity contribution in [3.63, 3.8) is 0 Å². The van der Waals surface area contributed by atoms with Gasteiger partial charge < -0.3 is 4.74 Å². The Bertz CT molecular complexity index is 1330. The zero-order valence-corrected chi connectivity index (χ0v) is 16.8. The molecule has 3 aromatic heterocycles. The molecule has 0 bridgehead atoms. The van der Waals surface area contributed by atoms with E-state index in [1.807, 2.05) is 42.5 Å². The van der Waals surface area contributed by atoms with Crippen LogP contribution in [0.3, 0.4) is 0 Å². The van der Waals surface area contributed by atoms with Crippen molar-refractivity contribution in [3.05, 3.63) is 58.7 Å². The van der Waals surface area contributed by atoms with Crippen LogP contribution in [0.15, 0.2) is 48.7 Å². The second-order valence-corrected chi connectivity index (χ2v) is 7.77. The fourth-order valence-electron chi connectivity index (χ4n) is 2.92. The van der Waals surface area contributed by atoms with E-state index in [0.29, 0.717) is 25.8 Å². The van der Waals surface area contributed by atoms with Crippen LogP contribution in [0, 0.1) is 0 Å². The lowest BCUT2D eigenvalue weighted by Crippen LogP contribution is -1.92. The smallest absolute Gasteiger partial charge is 0.235 e. The molecule has 28 heavy (non-hydrogen) atoms. The summed E-state index contributed by atoms with van der Waals surface area (Å²) in [7, 11) is 1.62. The van der Waals surface area contributed by atoms with Gasteiger partial charge in [0.05, 0.1) is 23.2 Å². The van der Waals surface area contributed by atoms with Crippen molar-refractivity contribution in [2.24, 2.45) is 0 Å². The van der Waals surface area contributed by atoms with Crippen LogP contribution in [0.1, 0.15) is 0 Å². The molecule has 0 aliphatic rings. The van der Waals surface area contributed by atoms with Crippen LogP contribution >= 0.6 is 34.5 Å². The predicted octanol–water partition coefficient (Wildman–Crippen LogP) is 5.38. The number of rotatable bonds is 3. The van der Waals surface area contributed by atoms with E-state index < -0.39 is 0 Å². The Balaban J connectivity index is 1.65. The number of benzene rings is 2. The molecule has 5 aromatic rings. The van der Waals surface area contributed by atoms with Gasteiger partial charge in [-0.3, -0.25) is 4.98 Å². The first-order chi connectivity index (χ1) is 13.6. The molecule has 0 fully saturated rings. The highest BCUT2D eigenvalue weighted by atomic mass is 35.5. The molecule has 0 radical (unpaired) electrons. The van der Waals surface area contributed by atoms with Gasteiger partial charge in [0.1, 0.15) is 5.75 Å². The quantitative estimate of drug-likeness (QED) is 0.386. The maximum atomic E-state index is 6.69. The number of hydrogen-bond acceptors (Lipinski definition) is 6. The zero-order valence-electron chi connectivity index (χ0n) is 14.4. The first-order valence-electron chi connectivity index (χ1n) is 8.25. The van der Waals surface area contributed by atoms with Gasteiger partial charge in [0.15, 0.2) is 10.8 Å². The van der Waals surface area contributed by atoms with E-state index in [-0.39, 0.29) is 0 Å². The highest BCUT2D eigenvalue weighted by molar-refractivity contribution is 7.19. The van der Waals surface area contributed by atoms with Gasteiger partial charge in [-0.05, 0) is 42.5 Å². The molecule has 0 saturated carbocycles. The van der Waals surface area contributed by atoms with Crippen molar-refractivity contribution in [3.8, 4) is 27.7 Å². The lowest BCUT2D eigenvalue weighted by molar-refractivity contribution is 0.415. The van der Waals surface area contributed by atoms with Gasteiger partial charge in [0.25, 0.3) is 0 Å². The summed E-state index contributed by atoms with van der Waals surface area (Å²) in [5.41, 5.74) is 2.40. The first kappa shape index (κ1) is 17.4. The molecule has 0 amide bonds. The summed E-state index contributed by atoms with van der Waals surface area (Å²) in [6.45, 7) is 0. The summed E-state index contributed by atoms with van der Waals surface area (Å²) in [5, 5.41) is 15.9. The fourth-order valence-corrected chi connectivity index (χ4v) is 4.25. The molecule has 5 rings (SSSR count). The van der Waals surface area contributed by atoms with Gasteiger partial charge in [-0.1, -0.05) is 34.5 Å². The highest BCUT2D eigenvalue weighted by Gasteiger charge is 2.18. The normalized spacial score (nSPS) is 11.4. The number of pyridine rings is 1. The minimum atomic E-state index is 0.571. The molecule has 9 heteroatoms. The van der Waals surface area contributed by atoms with Crippen LogP contribution in [0.25, 0.3) is 37.8 Å². The monoisotopic (exact) mass is 427 g/mol. The summed E-state index contributed by atoms with van der Waals surface area (Å²) in [6.07, 6.45) is 1.73. The number of methoxy groups -OCH3 is 1. The van der Waals surface area contributed by atoms with Crippen molar-refractivity contribution in [2.75, 3.05) is 7.11 Å². The third kappa shape index (κ3) is 2.79. The van der Waals surface area contributed by atoms with Gasteiger partial charge in [-0.15, -0.1) is 10.2 Å². The average Bonchev–Trinajstić information content (AvgIpc) is 3.30. The second-order valence-electron chi connectivity index (χ2n) is 6.00. The number of hydrogen-bond donors (Lipinski definition) is 0. The molecular formula is C19H11Cl2N5OS. The molecule has 0 aliphatic carbocycles. The van der Waals surface area contributed by atoms with Crippen LogP contribution in [-0.4, -0.2) is 31.9 Å². The fraction of sp³-hybridized carbons (Fsp3) is 0.0526. The molecule has 138 valence electrons. The van der Waals surface area contributed by atoms with Crippen LogP contribution < -0.4 is 4.74 Å². The Hall–Kier alpha value is -2.74. The van der Waals surface area contributed by atoms with Gasteiger partial charge in [-0.25, -0.2) is 0 Å². The zero-order chi connectivity index (χ0) is 19.3. The molecule has 0 spiro atoms. The van der Waals surface area contributed by atoms with Gasteiger partial charge in [-0.2, -0.15) is 9.61 Å². The number of halogens is 2. The molecule has 0 unspecified atom stereocenters. The van der Waals surface area contributed by atoms with Crippen LogP contribution in [0.5, 0.6) is 5.75 Å². The Morgan fingerprint density at radius 3 is 2.64 bits per heavy atom. The van der Waals surface area contributed by atoms with Gasteiger partial charge in [0.2, 0.25) is 4.96 Å². The number of ether oxygens (including phenoxy) is 1. The topological polar surface area (TPSA) is 65.2 Å². The lowest BCUT2D eigenvalue weighted by Gasteiger charge is -2.06. The van der Waals surface area contributed by atoms with Crippen LogP contribution in [0.4, 0.5) is 0 Å². The second kappa shape index (κ2) is 6.70. The molecule has 3 heterocycles. The summed E-state index contributed by atoms with van der Waals surface area (Å²) >= 11 is 14.1.